The van der Waals surface area contributed by atoms with Crippen molar-refractivity contribution in [2.45, 2.75) is 70.2 Å². The van der Waals surface area contributed by atoms with Gasteiger partial charge in [0.15, 0.2) is 0 Å². The molecule has 4 saturated carbocycles. The Labute approximate surface area is 165 Å². The summed E-state index contributed by atoms with van der Waals surface area (Å²) in [7, 11) is 1.92. The van der Waals surface area contributed by atoms with Crippen LogP contribution in [0, 0.1) is 17.8 Å². The van der Waals surface area contributed by atoms with Gasteiger partial charge >= 0.3 is 6.61 Å². The zero-order valence-corrected chi connectivity index (χ0v) is 16.7. The standard InChI is InChI=1S/C22H30F2N2O2/c1-14(26(2)13-15-3-5-19(6-4-15)28-21(23)24)20(27)25-22-10-16-7-17(11-22)9-18(8-16)12-22/h3-6,14,16-18,21H,7-13H2,1-2H3,(H,25,27). The molecule has 1 unspecified atom stereocenters. The minimum Gasteiger partial charge on any atom is -0.435 e. The molecule has 4 fully saturated rings. The highest BCUT2D eigenvalue weighted by Crippen LogP contribution is 2.55. The molecule has 1 atom stereocenters. The molecule has 4 aliphatic carbocycles. The number of carbonyl (C=O) groups excluding carboxylic acids is 1. The fourth-order valence-corrected chi connectivity index (χ4v) is 6.03. The summed E-state index contributed by atoms with van der Waals surface area (Å²) in [5, 5.41) is 3.44. The third-order valence-corrected chi connectivity index (χ3v) is 7.05. The quantitative estimate of drug-likeness (QED) is 0.756. The van der Waals surface area contributed by atoms with Crippen molar-refractivity contribution in [3.8, 4) is 5.75 Å². The number of ether oxygens (including phenoxy) is 1. The Bertz CT molecular complexity index is 672. The average molecular weight is 392 g/mol. The van der Waals surface area contributed by atoms with Crippen LogP contribution < -0.4 is 10.1 Å². The van der Waals surface area contributed by atoms with Gasteiger partial charge in [-0.05, 0) is 87.9 Å². The van der Waals surface area contributed by atoms with Crippen molar-refractivity contribution in [1.82, 2.24) is 10.2 Å². The normalized spacial score (nSPS) is 32.0. The first kappa shape index (κ1) is 19.6. The van der Waals surface area contributed by atoms with E-state index >= 15 is 0 Å². The van der Waals surface area contributed by atoms with Crippen molar-refractivity contribution in [2.75, 3.05) is 7.05 Å². The molecule has 1 aromatic rings. The average Bonchev–Trinajstić information content (AvgIpc) is 2.60. The fourth-order valence-electron chi connectivity index (χ4n) is 6.03. The molecule has 0 saturated heterocycles. The summed E-state index contributed by atoms with van der Waals surface area (Å²) in [5.74, 6) is 2.65. The predicted molar refractivity (Wildman–Crippen MR) is 103 cm³/mol. The minimum absolute atomic E-state index is 0.0230. The molecular weight excluding hydrogens is 362 g/mol. The molecule has 5 rings (SSSR count). The summed E-state index contributed by atoms with van der Waals surface area (Å²) in [6, 6.07) is 6.35. The largest absolute Gasteiger partial charge is 0.435 e. The van der Waals surface area contributed by atoms with Crippen LogP contribution in [0.15, 0.2) is 24.3 Å². The maximum atomic E-state index is 13.0. The maximum absolute atomic E-state index is 13.0. The van der Waals surface area contributed by atoms with E-state index in [1.165, 1.54) is 31.4 Å². The van der Waals surface area contributed by atoms with Crippen molar-refractivity contribution >= 4 is 5.91 Å². The van der Waals surface area contributed by atoms with Crippen molar-refractivity contribution in [1.29, 1.82) is 0 Å². The highest BCUT2D eigenvalue weighted by Gasteiger charge is 2.51. The number of rotatable bonds is 7. The van der Waals surface area contributed by atoms with Gasteiger partial charge in [0, 0.05) is 12.1 Å². The van der Waals surface area contributed by atoms with E-state index in [1.54, 1.807) is 12.1 Å². The fraction of sp³-hybridized carbons (Fsp3) is 0.682. The number of benzene rings is 1. The Morgan fingerprint density at radius 3 is 2.18 bits per heavy atom. The van der Waals surface area contributed by atoms with Crippen molar-refractivity contribution in [3.05, 3.63) is 29.8 Å². The monoisotopic (exact) mass is 392 g/mol. The summed E-state index contributed by atoms with van der Waals surface area (Å²) >= 11 is 0. The molecule has 0 heterocycles. The zero-order chi connectivity index (χ0) is 19.9. The van der Waals surface area contributed by atoms with E-state index in [0.717, 1.165) is 42.6 Å². The number of nitrogens with one attached hydrogen (secondary N) is 1. The van der Waals surface area contributed by atoms with Gasteiger partial charge in [-0.2, -0.15) is 8.78 Å². The number of likely N-dealkylation sites (N-methyl/N-ethyl adjacent to an activating group) is 1. The predicted octanol–water partition coefficient (Wildman–Crippen LogP) is 4.19. The van der Waals surface area contributed by atoms with Crippen LogP contribution in [0.2, 0.25) is 0 Å². The van der Waals surface area contributed by atoms with Gasteiger partial charge in [-0.25, -0.2) is 0 Å². The number of alkyl halides is 2. The third kappa shape index (κ3) is 4.17. The second-order valence-corrected chi connectivity index (χ2v) is 9.30. The third-order valence-electron chi connectivity index (χ3n) is 7.05. The zero-order valence-electron chi connectivity index (χ0n) is 16.7. The Hall–Kier alpha value is -1.69. The van der Waals surface area contributed by atoms with E-state index < -0.39 is 6.61 Å². The first-order valence-electron chi connectivity index (χ1n) is 10.4. The SMILES string of the molecule is CC(C(=O)NC12CC3CC(CC(C3)C1)C2)N(C)Cc1ccc(OC(F)F)cc1. The van der Waals surface area contributed by atoms with E-state index in [9.17, 15) is 13.6 Å². The molecule has 0 aliphatic heterocycles. The molecule has 1 N–H and O–H groups in total. The van der Waals surface area contributed by atoms with Gasteiger partial charge in [0.2, 0.25) is 5.91 Å². The van der Waals surface area contributed by atoms with E-state index in [4.69, 9.17) is 0 Å². The first-order valence-corrected chi connectivity index (χ1v) is 10.4. The Kier molecular flexibility index (Phi) is 5.34. The molecule has 154 valence electrons. The second-order valence-electron chi connectivity index (χ2n) is 9.30. The number of hydrogen-bond acceptors (Lipinski definition) is 3. The number of hydrogen-bond donors (Lipinski definition) is 1. The van der Waals surface area contributed by atoms with E-state index in [1.807, 2.05) is 18.9 Å². The van der Waals surface area contributed by atoms with E-state index in [0.29, 0.717) is 6.54 Å². The molecule has 4 bridgehead atoms. The Balaban J connectivity index is 1.33. The molecular formula is C22H30F2N2O2. The van der Waals surface area contributed by atoms with Crippen LogP contribution in [-0.2, 0) is 11.3 Å². The molecule has 4 aliphatic rings. The highest BCUT2D eigenvalue weighted by molar-refractivity contribution is 5.82. The van der Waals surface area contributed by atoms with Crippen LogP contribution in [0.25, 0.3) is 0 Å². The number of carbonyl (C=O) groups is 1. The minimum atomic E-state index is -2.82. The summed E-state index contributed by atoms with van der Waals surface area (Å²) in [5.41, 5.74) is 0.980. The highest BCUT2D eigenvalue weighted by atomic mass is 19.3. The summed E-state index contributed by atoms with van der Waals surface area (Å²) in [4.78, 5) is 15.0. The van der Waals surface area contributed by atoms with Crippen molar-refractivity contribution in [3.63, 3.8) is 0 Å². The van der Waals surface area contributed by atoms with Crippen LogP contribution in [0.1, 0.15) is 51.0 Å². The number of halogens is 2. The lowest BCUT2D eigenvalue weighted by atomic mass is 9.53. The van der Waals surface area contributed by atoms with E-state index in [2.05, 4.69) is 10.1 Å². The lowest BCUT2D eigenvalue weighted by Gasteiger charge is -2.57. The van der Waals surface area contributed by atoms with Gasteiger partial charge in [-0.1, -0.05) is 12.1 Å². The molecule has 0 radical (unpaired) electrons. The van der Waals surface area contributed by atoms with Gasteiger partial charge < -0.3 is 10.1 Å². The molecule has 1 amide bonds. The lowest BCUT2D eigenvalue weighted by molar-refractivity contribution is -0.131. The van der Waals surface area contributed by atoms with Gasteiger partial charge in [-0.3, -0.25) is 9.69 Å². The molecule has 28 heavy (non-hydrogen) atoms. The van der Waals surface area contributed by atoms with Gasteiger partial charge in [0.05, 0.1) is 6.04 Å². The summed E-state index contributed by atoms with van der Waals surface area (Å²) in [6.45, 7) is -0.309. The molecule has 0 spiro atoms. The summed E-state index contributed by atoms with van der Waals surface area (Å²) in [6.07, 6.45) is 7.51. The van der Waals surface area contributed by atoms with E-state index in [-0.39, 0.29) is 23.2 Å². The molecule has 4 nitrogen and oxygen atoms in total. The Morgan fingerprint density at radius 1 is 1.14 bits per heavy atom. The smallest absolute Gasteiger partial charge is 0.387 e. The van der Waals surface area contributed by atoms with Crippen LogP contribution in [0.5, 0.6) is 5.75 Å². The van der Waals surface area contributed by atoms with Crippen molar-refractivity contribution < 1.29 is 18.3 Å². The number of amides is 1. The van der Waals surface area contributed by atoms with Gasteiger partial charge in [-0.15, -0.1) is 0 Å². The molecule has 0 aromatic heterocycles. The molecule has 6 heteroatoms. The lowest BCUT2D eigenvalue weighted by Crippen LogP contribution is -2.62. The van der Waals surface area contributed by atoms with Crippen LogP contribution >= 0.6 is 0 Å². The first-order chi connectivity index (χ1) is 13.3. The second kappa shape index (κ2) is 7.62. The van der Waals surface area contributed by atoms with Gasteiger partial charge in [0.1, 0.15) is 5.75 Å². The summed E-state index contributed by atoms with van der Waals surface area (Å²) < 4.78 is 28.9. The topological polar surface area (TPSA) is 41.6 Å². The van der Waals surface area contributed by atoms with Crippen molar-refractivity contribution in [2.24, 2.45) is 17.8 Å². The van der Waals surface area contributed by atoms with Crippen LogP contribution in [0.4, 0.5) is 8.78 Å². The maximum Gasteiger partial charge on any atom is 0.387 e. The van der Waals surface area contributed by atoms with Gasteiger partial charge in [0.25, 0.3) is 0 Å². The Morgan fingerprint density at radius 2 is 1.68 bits per heavy atom. The number of nitrogens with zero attached hydrogens (tertiary/aromatic N) is 1. The van der Waals surface area contributed by atoms with Crippen LogP contribution in [-0.4, -0.2) is 36.0 Å². The molecule has 1 aromatic carbocycles. The van der Waals surface area contributed by atoms with Crippen LogP contribution in [0.3, 0.4) is 0 Å².